The predicted octanol–water partition coefficient (Wildman–Crippen LogP) is 1.19. The molecular weight excluding hydrogens is 162 g/mol. The van der Waals surface area contributed by atoms with E-state index in [2.05, 4.69) is 11.9 Å². The molecule has 1 aliphatic carbocycles. The van der Waals surface area contributed by atoms with E-state index in [0.29, 0.717) is 12.1 Å². The van der Waals surface area contributed by atoms with Crippen LogP contribution in [0.3, 0.4) is 0 Å². The van der Waals surface area contributed by atoms with Gasteiger partial charge in [0.15, 0.2) is 0 Å². The van der Waals surface area contributed by atoms with Gasteiger partial charge >= 0.3 is 0 Å². The molecule has 0 aromatic carbocycles. The summed E-state index contributed by atoms with van der Waals surface area (Å²) in [5.74, 6) is 1.03. The number of quaternary nitrogens is 1. The number of ether oxygens (including phenoxy) is 1. The first kappa shape index (κ1) is 9.07. The maximum absolute atomic E-state index is 5.87. The maximum Gasteiger partial charge on any atom is 0.146 e. The summed E-state index contributed by atoms with van der Waals surface area (Å²) in [5, 5.41) is 2.36. The van der Waals surface area contributed by atoms with Gasteiger partial charge in [-0.05, 0) is 25.7 Å². The fourth-order valence-corrected chi connectivity index (χ4v) is 2.37. The second kappa shape index (κ2) is 4.14. The van der Waals surface area contributed by atoms with Crippen LogP contribution in [0.25, 0.3) is 0 Å². The second-order valence-electron chi connectivity index (χ2n) is 4.26. The number of hydrogen-bond acceptors (Lipinski definition) is 1. The highest BCUT2D eigenvalue weighted by Crippen LogP contribution is 2.24. The van der Waals surface area contributed by atoms with Gasteiger partial charge in [0.2, 0.25) is 0 Å². The molecule has 1 aliphatic heterocycles. The summed E-state index contributed by atoms with van der Waals surface area (Å²) < 4.78 is 5.87. The van der Waals surface area contributed by atoms with Crippen molar-refractivity contribution in [2.24, 2.45) is 0 Å². The number of nitrogens with two attached hydrogens (primary N) is 1. The SMILES string of the molecule is C=C(OC1CCCC1)C1CCC[NH2+]1. The molecule has 0 amide bonds. The Bertz CT molecular complexity index is 179. The van der Waals surface area contributed by atoms with E-state index in [0.717, 1.165) is 5.76 Å². The van der Waals surface area contributed by atoms with E-state index in [-0.39, 0.29) is 0 Å². The van der Waals surface area contributed by atoms with Crippen LogP contribution in [0.1, 0.15) is 38.5 Å². The van der Waals surface area contributed by atoms with Crippen molar-refractivity contribution in [3.63, 3.8) is 0 Å². The molecule has 13 heavy (non-hydrogen) atoms. The average Bonchev–Trinajstić information content (AvgIpc) is 2.74. The Labute approximate surface area is 80.4 Å². The van der Waals surface area contributed by atoms with Crippen molar-refractivity contribution in [2.45, 2.75) is 50.7 Å². The van der Waals surface area contributed by atoms with Gasteiger partial charge in [-0.15, -0.1) is 0 Å². The Morgan fingerprint density at radius 1 is 1.15 bits per heavy atom. The number of rotatable bonds is 3. The standard InChI is InChI=1S/C11H19NO/c1-9(11-7-4-8-12-11)13-10-5-2-3-6-10/h10-12H,1-8H2/p+1. The average molecular weight is 182 g/mol. The first-order chi connectivity index (χ1) is 6.36. The van der Waals surface area contributed by atoms with Crippen LogP contribution in [0.2, 0.25) is 0 Å². The molecule has 0 aromatic heterocycles. The van der Waals surface area contributed by atoms with Crippen LogP contribution in [0.4, 0.5) is 0 Å². The molecule has 2 aliphatic rings. The Morgan fingerprint density at radius 3 is 2.54 bits per heavy atom. The fourth-order valence-electron chi connectivity index (χ4n) is 2.37. The molecule has 1 atom stereocenters. The van der Waals surface area contributed by atoms with Crippen molar-refractivity contribution >= 4 is 0 Å². The molecule has 2 heteroatoms. The quantitative estimate of drug-likeness (QED) is 0.652. The van der Waals surface area contributed by atoms with Crippen LogP contribution in [0, 0.1) is 0 Å². The Kier molecular flexibility index (Phi) is 2.89. The van der Waals surface area contributed by atoms with E-state index in [4.69, 9.17) is 4.74 Å². The molecule has 1 saturated heterocycles. The molecule has 0 radical (unpaired) electrons. The molecule has 2 rings (SSSR count). The lowest BCUT2D eigenvalue weighted by molar-refractivity contribution is -0.665. The van der Waals surface area contributed by atoms with Gasteiger partial charge in [0.05, 0.1) is 12.6 Å². The smallest absolute Gasteiger partial charge is 0.146 e. The van der Waals surface area contributed by atoms with Crippen molar-refractivity contribution in [1.29, 1.82) is 0 Å². The molecular formula is C11H20NO+. The lowest BCUT2D eigenvalue weighted by atomic mass is 10.2. The van der Waals surface area contributed by atoms with Crippen molar-refractivity contribution in [3.8, 4) is 0 Å². The third-order valence-corrected chi connectivity index (χ3v) is 3.20. The van der Waals surface area contributed by atoms with E-state index < -0.39 is 0 Å². The normalized spacial score (nSPS) is 29.4. The van der Waals surface area contributed by atoms with E-state index in [1.807, 2.05) is 0 Å². The summed E-state index contributed by atoms with van der Waals surface area (Å²) in [6.45, 7) is 5.29. The van der Waals surface area contributed by atoms with Gasteiger partial charge in [-0.1, -0.05) is 6.58 Å². The second-order valence-corrected chi connectivity index (χ2v) is 4.26. The van der Waals surface area contributed by atoms with Gasteiger partial charge in [0.25, 0.3) is 0 Å². The highest BCUT2D eigenvalue weighted by molar-refractivity contribution is 4.94. The number of hydrogen-bond donors (Lipinski definition) is 1. The monoisotopic (exact) mass is 182 g/mol. The van der Waals surface area contributed by atoms with Gasteiger partial charge < -0.3 is 10.1 Å². The Morgan fingerprint density at radius 2 is 1.92 bits per heavy atom. The van der Waals surface area contributed by atoms with Crippen molar-refractivity contribution in [2.75, 3.05) is 6.54 Å². The largest absolute Gasteiger partial charge is 0.489 e. The van der Waals surface area contributed by atoms with Crippen LogP contribution in [0.15, 0.2) is 12.3 Å². The van der Waals surface area contributed by atoms with Crippen molar-refractivity contribution in [3.05, 3.63) is 12.3 Å². The van der Waals surface area contributed by atoms with Crippen LogP contribution in [0.5, 0.6) is 0 Å². The summed E-state index contributed by atoms with van der Waals surface area (Å²) >= 11 is 0. The van der Waals surface area contributed by atoms with Crippen LogP contribution in [-0.4, -0.2) is 18.7 Å². The summed E-state index contributed by atoms with van der Waals surface area (Å²) in [6, 6.07) is 0.556. The Hall–Kier alpha value is -0.500. The first-order valence-corrected chi connectivity index (χ1v) is 5.55. The summed E-state index contributed by atoms with van der Waals surface area (Å²) in [5.41, 5.74) is 0. The maximum atomic E-state index is 5.87. The highest BCUT2D eigenvalue weighted by atomic mass is 16.5. The molecule has 74 valence electrons. The minimum atomic E-state index is 0.487. The molecule has 0 spiro atoms. The molecule has 0 bridgehead atoms. The van der Waals surface area contributed by atoms with Gasteiger partial charge in [-0.25, -0.2) is 0 Å². The van der Waals surface area contributed by atoms with Gasteiger partial charge in [-0.3, -0.25) is 0 Å². The van der Waals surface area contributed by atoms with Crippen molar-refractivity contribution in [1.82, 2.24) is 0 Å². The minimum Gasteiger partial charge on any atom is -0.489 e. The first-order valence-electron chi connectivity index (χ1n) is 5.55. The molecule has 2 fully saturated rings. The van der Waals surface area contributed by atoms with Gasteiger partial charge in [-0.2, -0.15) is 0 Å². The zero-order chi connectivity index (χ0) is 9.10. The van der Waals surface area contributed by atoms with Crippen LogP contribution in [-0.2, 0) is 4.74 Å². The predicted molar refractivity (Wildman–Crippen MR) is 52.3 cm³/mol. The van der Waals surface area contributed by atoms with E-state index in [1.165, 1.54) is 45.1 Å². The molecule has 1 heterocycles. The molecule has 2 N–H and O–H groups in total. The third-order valence-electron chi connectivity index (χ3n) is 3.20. The van der Waals surface area contributed by atoms with Gasteiger partial charge in [0.1, 0.15) is 11.8 Å². The summed E-state index contributed by atoms with van der Waals surface area (Å²) in [6.07, 6.45) is 8.22. The third kappa shape index (κ3) is 2.25. The molecule has 2 nitrogen and oxygen atoms in total. The highest BCUT2D eigenvalue weighted by Gasteiger charge is 2.25. The van der Waals surface area contributed by atoms with Crippen LogP contribution < -0.4 is 5.32 Å². The lowest BCUT2D eigenvalue weighted by Gasteiger charge is -2.17. The van der Waals surface area contributed by atoms with Crippen LogP contribution >= 0.6 is 0 Å². The molecule has 0 aromatic rings. The fraction of sp³-hybridized carbons (Fsp3) is 0.818. The lowest BCUT2D eigenvalue weighted by Crippen LogP contribution is -2.87. The Balaban J connectivity index is 1.76. The van der Waals surface area contributed by atoms with E-state index in [9.17, 15) is 0 Å². The summed E-state index contributed by atoms with van der Waals surface area (Å²) in [7, 11) is 0. The van der Waals surface area contributed by atoms with E-state index >= 15 is 0 Å². The summed E-state index contributed by atoms with van der Waals surface area (Å²) in [4.78, 5) is 0. The topological polar surface area (TPSA) is 25.8 Å². The van der Waals surface area contributed by atoms with Gasteiger partial charge in [0, 0.05) is 12.8 Å². The zero-order valence-corrected chi connectivity index (χ0v) is 8.30. The molecule has 1 saturated carbocycles. The zero-order valence-electron chi connectivity index (χ0n) is 8.30. The minimum absolute atomic E-state index is 0.487. The molecule has 1 unspecified atom stereocenters. The van der Waals surface area contributed by atoms with E-state index in [1.54, 1.807) is 0 Å². The van der Waals surface area contributed by atoms with Crippen molar-refractivity contribution < 1.29 is 10.1 Å².